The van der Waals surface area contributed by atoms with E-state index >= 15 is 0 Å². The van der Waals surface area contributed by atoms with Gasteiger partial charge in [0.2, 0.25) is 0 Å². The molecular weight excluding hydrogens is 206 g/mol. The van der Waals surface area contributed by atoms with Crippen LogP contribution in [0.2, 0.25) is 0 Å². The Morgan fingerprint density at radius 3 is 3.07 bits per heavy atom. The Kier molecular flexibility index (Phi) is 3.26. The molecule has 0 fully saturated rings. The van der Waals surface area contributed by atoms with Crippen LogP contribution in [0.4, 0.5) is 0 Å². The molecule has 0 saturated heterocycles. The van der Waals surface area contributed by atoms with E-state index in [9.17, 15) is 0 Å². The van der Waals surface area contributed by atoms with Gasteiger partial charge >= 0.3 is 0 Å². The van der Waals surface area contributed by atoms with Gasteiger partial charge in [0.25, 0.3) is 0 Å². The summed E-state index contributed by atoms with van der Waals surface area (Å²) in [6.45, 7) is 0.880. The first-order valence-corrected chi connectivity index (χ1v) is 6.14. The fraction of sp³-hybridized carbons (Fsp3) is 0.545. The second-order valence-corrected chi connectivity index (χ2v) is 4.91. The lowest BCUT2D eigenvalue weighted by Crippen LogP contribution is -2.33. The standard InChI is InChI=1S/C11H17N3S/c1-12-11(13-2)14-7-9-6-8-4-3-5-10(8)15-9/h6H,3-5,7H2,1-2H3,(H2,12,13,14). The Balaban J connectivity index is 1.94. The fourth-order valence-corrected chi connectivity index (χ4v) is 3.13. The lowest BCUT2D eigenvalue weighted by molar-refractivity contribution is 0.874. The van der Waals surface area contributed by atoms with Crippen LogP contribution in [-0.2, 0) is 19.4 Å². The number of fused-ring (bicyclic) bond motifs is 1. The zero-order valence-electron chi connectivity index (χ0n) is 9.26. The Labute approximate surface area is 94.6 Å². The molecule has 1 aliphatic rings. The van der Waals surface area contributed by atoms with Crippen molar-refractivity contribution in [2.24, 2.45) is 4.99 Å². The van der Waals surface area contributed by atoms with Crippen LogP contribution in [0.5, 0.6) is 0 Å². The summed E-state index contributed by atoms with van der Waals surface area (Å²) in [4.78, 5) is 7.09. The second-order valence-electron chi connectivity index (χ2n) is 3.69. The van der Waals surface area contributed by atoms with Crippen molar-refractivity contribution in [1.29, 1.82) is 0 Å². The zero-order valence-corrected chi connectivity index (χ0v) is 10.1. The molecule has 1 aromatic rings. The molecule has 1 aromatic heterocycles. The van der Waals surface area contributed by atoms with E-state index in [-0.39, 0.29) is 0 Å². The maximum absolute atomic E-state index is 4.08. The number of thiophene rings is 1. The van der Waals surface area contributed by atoms with Crippen molar-refractivity contribution >= 4 is 17.3 Å². The number of aliphatic imine (C=N–C) groups is 1. The SMILES string of the molecule is CN=C(NC)NCc1cc2c(s1)CCC2. The molecule has 0 saturated carbocycles. The number of hydrogen-bond donors (Lipinski definition) is 2. The molecule has 4 heteroatoms. The molecule has 1 aliphatic carbocycles. The maximum Gasteiger partial charge on any atom is 0.191 e. The molecule has 15 heavy (non-hydrogen) atoms. The fourth-order valence-electron chi connectivity index (χ4n) is 1.93. The van der Waals surface area contributed by atoms with Crippen LogP contribution in [0.15, 0.2) is 11.1 Å². The summed E-state index contributed by atoms with van der Waals surface area (Å²) >= 11 is 1.94. The molecular formula is C11H17N3S. The van der Waals surface area contributed by atoms with Crippen molar-refractivity contribution in [3.05, 3.63) is 21.4 Å². The van der Waals surface area contributed by atoms with Crippen LogP contribution >= 0.6 is 11.3 Å². The van der Waals surface area contributed by atoms with Gasteiger partial charge in [-0.15, -0.1) is 11.3 Å². The molecule has 82 valence electrons. The summed E-state index contributed by atoms with van der Waals surface area (Å²) in [5.74, 6) is 0.851. The van der Waals surface area contributed by atoms with E-state index in [1.54, 1.807) is 17.5 Å². The van der Waals surface area contributed by atoms with Crippen molar-refractivity contribution in [2.45, 2.75) is 25.8 Å². The monoisotopic (exact) mass is 223 g/mol. The van der Waals surface area contributed by atoms with E-state index < -0.39 is 0 Å². The molecule has 0 aromatic carbocycles. The highest BCUT2D eigenvalue weighted by Gasteiger charge is 2.14. The third kappa shape index (κ3) is 2.31. The van der Waals surface area contributed by atoms with Gasteiger partial charge in [0.05, 0.1) is 6.54 Å². The van der Waals surface area contributed by atoms with Gasteiger partial charge in [-0.25, -0.2) is 0 Å². The van der Waals surface area contributed by atoms with Crippen LogP contribution < -0.4 is 10.6 Å². The number of guanidine groups is 1. The second kappa shape index (κ2) is 4.66. The highest BCUT2D eigenvalue weighted by molar-refractivity contribution is 7.12. The van der Waals surface area contributed by atoms with Gasteiger partial charge in [-0.05, 0) is 30.9 Å². The molecule has 0 spiro atoms. The van der Waals surface area contributed by atoms with Crippen molar-refractivity contribution in [3.63, 3.8) is 0 Å². The van der Waals surface area contributed by atoms with Crippen molar-refractivity contribution in [3.8, 4) is 0 Å². The summed E-state index contributed by atoms with van der Waals surface area (Å²) in [6.07, 6.45) is 3.89. The van der Waals surface area contributed by atoms with Crippen LogP contribution in [0.25, 0.3) is 0 Å². The molecule has 0 bridgehead atoms. The molecule has 2 N–H and O–H groups in total. The Hall–Kier alpha value is -1.03. The first kappa shape index (κ1) is 10.5. The first-order chi connectivity index (χ1) is 7.33. The molecule has 2 rings (SSSR count). The Morgan fingerprint density at radius 2 is 2.40 bits per heavy atom. The average Bonchev–Trinajstić information content (AvgIpc) is 2.79. The molecule has 0 unspecified atom stereocenters. The smallest absolute Gasteiger partial charge is 0.191 e. The maximum atomic E-state index is 4.08. The zero-order chi connectivity index (χ0) is 10.7. The Morgan fingerprint density at radius 1 is 1.53 bits per heavy atom. The average molecular weight is 223 g/mol. The minimum Gasteiger partial charge on any atom is -0.359 e. The quantitative estimate of drug-likeness (QED) is 0.589. The van der Waals surface area contributed by atoms with E-state index in [1.807, 2.05) is 18.4 Å². The van der Waals surface area contributed by atoms with Crippen LogP contribution in [0, 0.1) is 0 Å². The third-order valence-corrected chi connectivity index (χ3v) is 3.93. The van der Waals surface area contributed by atoms with Gasteiger partial charge < -0.3 is 10.6 Å². The summed E-state index contributed by atoms with van der Waals surface area (Å²) < 4.78 is 0. The van der Waals surface area contributed by atoms with Crippen LogP contribution in [0.3, 0.4) is 0 Å². The lowest BCUT2D eigenvalue weighted by atomic mass is 10.2. The summed E-state index contributed by atoms with van der Waals surface area (Å²) in [7, 11) is 3.66. The molecule has 1 heterocycles. The van der Waals surface area contributed by atoms with E-state index in [0.717, 1.165) is 12.5 Å². The van der Waals surface area contributed by atoms with Gasteiger partial charge in [-0.2, -0.15) is 0 Å². The van der Waals surface area contributed by atoms with Gasteiger partial charge in [-0.3, -0.25) is 4.99 Å². The van der Waals surface area contributed by atoms with E-state index in [1.165, 1.54) is 24.1 Å². The normalized spacial score (nSPS) is 15.2. The highest BCUT2D eigenvalue weighted by atomic mass is 32.1. The third-order valence-electron chi connectivity index (χ3n) is 2.69. The number of rotatable bonds is 2. The van der Waals surface area contributed by atoms with E-state index in [4.69, 9.17) is 0 Å². The predicted molar refractivity (Wildman–Crippen MR) is 65.6 cm³/mol. The summed E-state index contributed by atoms with van der Waals surface area (Å²) in [5, 5.41) is 6.29. The van der Waals surface area contributed by atoms with Gasteiger partial charge in [0, 0.05) is 23.8 Å². The largest absolute Gasteiger partial charge is 0.359 e. The molecule has 3 nitrogen and oxygen atoms in total. The van der Waals surface area contributed by atoms with Crippen molar-refractivity contribution in [2.75, 3.05) is 14.1 Å². The summed E-state index contributed by atoms with van der Waals surface area (Å²) in [6, 6.07) is 2.34. The first-order valence-electron chi connectivity index (χ1n) is 5.32. The summed E-state index contributed by atoms with van der Waals surface area (Å²) in [5.41, 5.74) is 1.57. The lowest BCUT2D eigenvalue weighted by Gasteiger charge is -2.06. The molecule has 0 radical (unpaired) electrons. The topological polar surface area (TPSA) is 36.4 Å². The minimum absolute atomic E-state index is 0.851. The number of nitrogens with zero attached hydrogens (tertiary/aromatic N) is 1. The van der Waals surface area contributed by atoms with Gasteiger partial charge in [0.1, 0.15) is 0 Å². The van der Waals surface area contributed by atoms with Gasteiger partial charge in [-0.1, -0.05) is 0 Å². The number of hydrogen-bond acceptors (Lipinski definition) is 2. The van der Waals surface area contributed by atoms with Gasteiger partial charge in [0.15, 0.2) is 5.96 Å². The Bertz CT molecular complexity index is 346. The molecule has 0 aliphatic heterocycles. The number of nitrogens with one attached hydrogen (secondary N) is 2. The van der Waals surface area contributed by atoms with E-state index in [0.29, 0.717) is 0 Å². The minimum atomic E-state index is 0.851. The van der Waals surface area contributed by atoms with Crippen LogP contribution in [0.1, 0.15) is 21.7 Å². The predicted octanol–water partition coefficient (Wildman–Crippen LogP) is 1.53. The molecule has 0 amide bonds. The number of aryl methyl sites for hydroxylation is 2. The molecule has 0 atom stereocenters. The van der Waals surface area contributed by atoms with E-state index in [2.05, 4.69) is 21.7 Å². The highest BCUT2D eigenvalue weighted by Crippen LogP contribution is 2.30. The van der Waals surface area contributed by atoms with Crippen molar-refractivity contribution in [1.82, 2.24) is 10.6 Å². The van der Waals surface area contributed by atoms with Crippen LogP contribution in [-0.4, -0.2) is 20.1 Å². The van der Waals surface area contributed by atoms with Crippen molar-refractivity contribution < 1.29 is 0 Å².